The van der Waals surface area contributed by atoms with Gasteiger partial charge in [0, 0.05) is 30.3 Å². The van der Waals surface area contributed by atoms with Crippen molar-refractivity contribution in [2.75, 3.05) is 39.5 Å². The summed E-state index contributed by atoms with van der Waals surface area (Å²) in [7, 11) is -5.63. The molecule has 1 unspecified atom stereocenters. The minimum Gasteiger partial charge on any atom is -0.344 e. The number of ether oxygens (including phenoxy) is 1. The lowest BCUT2D eigenvalue weighted by Gasteiger charge is -2.42. The van der Waals surface area contributed by atoms with E-state index in [0.29, 0.717) is 5.56 Å². The molecule has 0 saturated carbocycles. The molecule has 1 aromatic rings. The van der Waals surface area contributed by atoms with Crippen LogP contribution in [0.2, 0.25) is 0 Å². The highest BCUT2D eigenvalue weighted by molar-refractivity contribution is 7.48. The van der Waals surface area contributed by atoms with E-state index in [0.717, 1.165) is 0 Å². The smallest absolute Gasteiger partial charge is 0.344 e. The Morgan fingerprint density at radius 3 is 2.38 bits per heavy atom. The van der Waals surface area contributed by atoms with Crippen LogP contribution in [-0.2, 0) is 31.9 Å². The maximum absolute atomic E-state index is 12.9. The van der Waals surface area contributed by atoms with E-state index in [4.69, 9.17) is 40.5 Å². The zero-order valence-corrected chi connectivity index (χ0v) is 24.5. The molecule has 2 saturated heterocycles. The molecule has 16 heteroatoms. The lowest BCUT2D eigenvalue weighted by Crippen LogP contribution is -2.51. The van der Waals surface area contributed by atoms with Crippen molar-refractivity contribution in [2.24, 2.45) is 0 Å². The van der Waals surface area contributed by atoms with Gasteiger partial charge in [0.05, 0.1) is 13.2 Å². The van der Waals surface area contributed by atoms with E-state index in [-0.39, 0.29) is 58.0 Å². The van der Waals surface area contributed by atoms with Crippen LogP contribution in [0.1, 0.15) is 45.9 Å². The summed E-state index contributed by atoms with van der Waals surface area (Å²) in [5.41, 5.74) is -2.13. The number of hydrogen-bond donors (Lipinski definition) is 1. The molecule has 0 radical (unpaired) electrons. The first kappa shape index (κ1) is 31.6. The van der Waals surface area contributed by atoms with Crippen molar-refractivity contribution in [3.05, 3.63) is 55.4 Å². The standard InChI is InChI=1S/C23H35N5O9P2/c1-16(2)28(17(3)4)38(32-10-8-24-6)37-19-12-20(27-13-18(5)21(29)26-22(27)30)36-23(19)14-34-39(31,35-15-23)33-11-9-25-7/h13,16-17,19-20H,8-12,14-15H2,1-5H3,(H,26,29,30)/t19-,20-,23?,38?,39?/m1/s1. The van der Waals surface area contributed by atoms with Crippen LogP contribution < -0.4 is 11.2 Å². The summed E-state index contributed by atoms with van der Waals surface area (Å²) in [4.78, 5) is 33.4. The predicted octanol–water partition coefficient (Wildman–Crippen LogP) is 3.26. The van der Waals surface area contributed by atoms with Gasteiger partial charge in [0.1, 0.15) is 31.1 Å². The molecule has 216 valence electrons. The summed E-state index contributed by atoms with van der Waals surface area (Å²) < 4.78 is 51.5. The highest BCUT2D eigenvalue weighted by Gasteiger charge is 2.57. The van der Waals surface area contributed by atoms with Gasteiger partial charge in [-0.25, -0.2) is 27.2 Å². The Bertz CT molecular complexity index is 1220. The highest BCUT2D eigenvalue weighted by Crippen LogP contribution is 2.58. The molecule has 2 aliphatic rings. The van der Waals surface area contributed by atoms with E-state index in [1.807, 2.05) is 27.7 Å². The normalized spacial score (nSPS) is 27.7. The van der Waals surface area contributed by atoms with Crippen LogP contribution in [0.25, 0.3) is 9.69 Å². The van der Waals surface area contributed by atoms with Crippen LogP contribution in [-0.4, -0.2) is 77.5 Å². The maximum atomic E-state index is 12.9. The summed E-state index contributed by atoms with van der Waals surface area (Å²) >= 11 is 0. The third-order valence-electron chi connectivity index (χ3n) is 6.08. The van der Waals surface area contributed by atoms with E-state index >= 15 is 0 Å². The average molecular weight is 588 g/mol. The number of phosphoric acid groups is 1. The first-order valence-electron chi connectivity index (χ1n) is 12.5. The first-order valence-corrected chi connectivity index (χ1v) is 15.1. The molecule has 1 spiro atoms. The molecular formula is C23H35N5O9P2. The van der Waals surface area contributed by atoms with Gasteiger partial charge in [-0.15, -0.1) is 0 Å². The van der Waals surface area contributed by atoms with Gasteiger partial charge < -0.3 is 23.5 Å². The molecule has 3 atom stereocenters. The fourth-order valence-electron chi connectivity index (χ4n) is 4.28. The highest BCUT2D eigenvalue weighted by atomic mass is 31.2. The number of aromatic nitrogens is 2. The second-order valence-electron chi connectivity index (χ2n) is 9.68. The third-order valence-corrected chi connectivity index (χ3v) is 9.61. The summed E-state index contributed by atoms with van der Waals surface area (Å²) in [5, 5.41) is 0. The zero-order valence-electron chi connectivity index (χ0n) is 22.7. The summed E-state index contributed by atoms with van der Waals surface area (Å²) in [6.45, 7) is 23.3. The van der Waals surface area contributed by atoms with Gasteiger partial charge in [0.25, 0.3) is 14.1 Å². The molecule has 3 rings (SSSR count). The van der Waals surface area contributed by atoms with E-state index in [2.05, 4.69) is 19.3 Å². The van der Waals surface area contributed by atoms with Crippen molar-refractivity contribution in [2.45, 2.75) is 71.1 Å². The van der Waals surface area contributed by atoms with Crippen molar-refractivity contribution in [3.63, 3.8) is 0 Å². The first-order chi connectivity index (χ1) is 18.4. The SMILES string of the molecule is [C-]#[N+]CCOP(O[C@@H]1C[C@H](n2cc(C)c(=O)[nH]c2=O)OC12COP(=O)(OCC[N+]#[C-])OC2)N(C(C)C)C(C)C. The van der Waals surface area contributed by atoms with Crippen molar-refractivity contribution in [1.82, 2.24) is 14.2 Å². The molecule has 0 aromatic carbocycles. The maximum Gasteiger partial charge on any atom is 0.475 e. The molecule has 2 aliphatic heterocycles. The minimum absolute atomic E-state index is 0.00683. The Balaban J connectivity index is 1.94. The fraction of sp³-hybridized carbons (Fsp3) is 0.739. The number of phosphoric ester groups is 1. The van der Waals surface area contributed by atoms with Crippen molar-refractivity contribution in [3.8, 4) is 0 Å². The fourth-order valence-corrected chi connectivity index (χ4v) is 7.36. The molecule has 0 aliphatic carbocycles. The molecule has 3 heterocycles. The van der Waals surface area contributed by atoms with Gasteiger partial charge in [-0.3, -0.25) is 27.9 Å². The minimum atomic E-state index is -3.93. The Kier molecular flexibility index (Phi) is 11.0. The molecule has 0 bridgehead atoms. The number of H-pyrrole nitrogens is 1. The van der Waals surface area contributed by atoms with Crippen molar-refractivity contribution < 1.29 is 31.9 Å². The molecule has 1 N–H and O–H groups in total. The number of aryl methyl sites for hydroxylation is 1. The Labute approximate surface area is 228 Å². The van der Waals surface area contributed by atoms with Crippen LogP contribution in [0.3, 0.4) is 0 Å². The second-order valence-corrected chi connectivity index (χ2v) is 12.8. The number of nitrogens with one attached hydrogen (secondary N) is 1. The number of hydrogen-bond acceptors (Lipinski definition) is 10. The quantitative estimate of drug-likeness (QED) is 0.220. The summed E-state index contributed by atoms with van der Waals surface area (Å²) in [5.74, 6) is 0. The monoisotopic (exact) mass is 587 g/mol. The summed E-state index contributed by atoms with van der Waals surface area (Å²) in [6, 6.07) is 0.0787. The van der Waals surface area contributed by atoms with Crippen LogP contribution in [0.15, 0.2) is 15.8 Å². The van der Waals surface area contributed by atoms with E-state index in [1.54, 1.807) is 6.92 Å². The Hall–Kier alpha value is -1.96. The van der Waals surface area contributed by atoms with Gasteiger partial charge in [-0.1, -0.05) is 0 Å². The van der Waals surface area contributed by atoms with Crippen LogP contribution >= 0.6 is 16.3 Å². The van der Waals surface area contributed by atoms with Gasteiger partial charge >= 0.3 is 13.5 Å². The topological polar surface area (TPSA) is 139 Å². The molecule has 1 aromatic heterocycles. The van der Waals surface area contributed by atoms with Gasteiger partial charge in [0.2, 0.25) is 13.1 Å². The van der Waals surface area contributed by atoms with Crippen molar-refractivity contribution >= 4 is 16.3 Å². The lowest BCUT2D eigenvalue weighted by molar-refractivity contribution is -0.163. The molecule has 39 heavy (non-hydrogen) atoms. The largest absolute Gasteiger partial charge is 0.475 e. The van der Waals surface area contributed by atoms with Gasteiger partial charge in [-0.2, -0.15) is 0 Å². The average Bonchev–Trinajstić information content (AvgIpc) is 3.21. The van der Waals surface area contributed by atoms with E-state index < -0.39 is 45.5 Å². The van der Waals surface area contributed by atoms with E-state index in [9.17, 15) is 14.2 Å². The Morgan fingerprint density at radius 2 is 1.79 bits per heavy atom. The van der Waals surface area contributed by atoms with Crippen LogP contribution in [0, 0.1) is 20.1 Å². The zero-order chi connectivity index (χ0) is 28.8. The molecule has 0 amide bonds. The van der Waals surface area contributed by atoms with Crippen LogP contribution in [0.5, 0.6) is 0 Å². The number of rotatable bonds is 12. The molecular weight excluding hydrogens is 552 g/mol. The van der Waals surface area contributed by atoms with Gasteiger partial charge in [0.15, 0.2) is 0 Å². The Morgan fingerprint density at radius 1 is 1.18 bits per heavy atom. The second kappa shape index (κ2) is 13.6. The number of aromatic amines is 1. The van der Waals surface area contributed by atoms with Crippen LogP contribution in [0.4, 0.5) is 0 Å². The summed E-state index contributed by atoms with van der Waals surface area (Å²) in [6.07, 6.45) is -0.0418. The van der Waals surface area contributed by atoms with Crippen molar-refractivity contribution in [1.29, 1.82) is 0 Å². The number of nitrogens with zero attached hydrogens (tertiary/aromatic N) is 4. The molecule has 14 nitrogen and oxygen atoms in total. The molecule has 2 fully saturated rings. The van der Waals surface area contributed by atoms with E-state index in [1.165, 1.54) is 10.8 Å². The third kappa shape index (κ3) is 7.62. The lowest BCUT2D eigenvalue weighted by atomic mass is 9.99. The predicted molar refractivity (Wildman–Crippen MR) is 142 cm³/mol. The van der Waals surface area contributed by atoms with Gasteiger partial charge in [-0.05, 0) is 34.6 Å².